The molecule has 82 valence electrons. The van der Waals surface area contributed by atoms with Crippen molar-refractivity contribution in [2.24, 2.45) is 0 Å². The summed E-state index contributed by atoms with van der Waals surface area (Å²) < 4.78 is 12.9. The smallest absolute Gasteiger partial charge is 0.146 e. The van der Waals surface area contributed by atoms with E-state index in [0.717, 1.165) is 0 Å². The van der Waals surface area contributed by atoms with Gasteiger partial charge in [0.05, 0.1) is 13.1 Å². The van der Waals surface area contributed by atoms with Crippen molar-refractivity contribution in [1.29, 1.82) is 0 Å². The molecule has 0 aliphatic carbocycles. The molecule has 0 fully saturated rings. The van der Waals surface area contributed by atoms with Gasteiger partial charge in [0.2, 0.25) is 0 Å². The Morgan fingerprint density at radius 1 is 1.21 bits per heavy atom. The molecule has 0 amide bonds. The third-order valence-electron chi connectivity index (χ3n) is 1.37. The molecule has 0 saturated carbocycles. The molecule has 4 nitrogen and oxygen atoms in total. The van der Waals surface area contributed by atoms with E-state index in [2.05, 4.69) is 0 Å². The highest BCUT2D eigenvalue weighted by molar-refractivity contribution is 7.34. The molecule has 0 saturated heterocycles. The van der Waals surface area contributed by atoms with Crippen LogP contribution in [-0.4, -0.2) is 47.8 Å². The van der Waals surface area contributed by atoms with Crippen molar-refractivity contribution in [1.82, 2.24) is 9.79 Å². The van der Waals surface area contributed by atoms with E-state index in [1.807, 2.05) is 0 Å². The number of rotatable bonds is 7. The van der Waals surface area contributed by atoms with E-state index in [0.29, 0.717) is 17.7 Å². The van der Waals surface area contributed by atoms with E-state index in [4.69, 9.17) is 0 Å². The quantitative estimate of drug-likeness (QED) is 0.472. The van der Waals surface area contributed by atoms with Crippen LogP contribution in [0.2, 0.25) is 0 Å². The summed E-state index contributed by atoms with van der Waals surface area (Å²) in [4.78, 5) is 23.4. The molecule has 0 N–H and O–H groups in total. The van der Waals surface area contributed by atoms with Crippen molar-refractivity contribution < 1.29 is 14.1 Å². The van der Waals surface area contributed by atoms with Gasteiger partial charge in [0.15, 0.2) is 0 Å². The molecule has 0 bridgehead atoms. The summed E-state index contributed by atoms with van der Waals surface area (Å²) in [7, 11) is 1.64. The SMILES string of the molecule is CC(=O)CN(C)CPN(F)CC(C)=O. The molecule has 0 spiro atoms. The fraction of sp³-hybridized carbons (Fsp3) is 0.750. The molecule has 0 aliphatic rings. The molecular formula is C8H16FN2O2P. The number of hydrogen-bond acceptors (Lipinski definition) is 4. The predicted octanol–water partition coefficient (Wildman–Crippen LogP) is 0.834. The van der Waals surface area contributed by atoms with Gasteiger partial charge in [0.25, 0.3) is 0 Å². The van der Waals surface area contributed by atoms with Crippen molar-refractivity contribution in [2.75, 3.05) is 26.4 Å². The van der Waals surface area contributed by atoms with Gasteiger partial charge in [-0.25, -0.2) is 0 Å². The molecule has 1 unspecified atom stereocenters. The minimum atomic E-state index is -0.200. The number of Topliss-reactive ketones (excluding diaryl/α,β-unsaturated/α-hetero) is 2. The van der Waals surface area contributed by atoms with Gasteiger partial charge in [-0.1, -0.05) is 0 Å². The van der Waals surface area contributed by atoms with Crippen molar-refractivity contribution in [3.8, 4) is 0 Å². The Bertz CT molecular complexity index is 192. The highest BCUT2D eigenvalue weighted by Crippen LogP contribution is 2.18. The first kappa shape index (κ1) is 13.6. The molecule has 0 heterocycles. The maximum Gasteiger partial charge on any atom is 0.146 e. The number of nitrogens with zero attached hydrogens (tertiary/aromatic N) is 2. The molecule has 1 atom stereocenters. The molecule has 6 heteroatoms. The van der Waals surface area contributed by atoms with Crippen LogP contribution in [0.4, 0.5) is 4.48 Å². The van der Waals surface area contributed by atoms with Crippen LogP contribution in [0.3, 0.4) is 0 Å². The molecule has 0 radical (unpaired) electrons. The summed E-state index contributed by atoms with van der Waals surface area (Å²) in [5.74, 6) is -0.150. The maximum absolute atomic E-state index is 12.9. The molecule has 0 aromatic rings. The summed E-state index contributed by atoms with van der Waals surface area (Å²) in [5.41, 5.74) is 0. The number of carbonyl (C=O) groups excluding carboxylic acids is 2. The summed E-state index contributed by atoms with van der Waals surface area (Å²) in [6.07, 6.45) is 0.462. The van der Waals surface area contributed by atoms with Crippen molar-refractivity contribution in [3.63, 3.8) is 0 Å². The van der Waals surface area contributed by atoms with Gasteiger partial charge in [-0.05, 0) is 29.6 Å². The lowest BCUT2D eigenvalue weighted by atomic mass is 10.4. The van der Waals surface area contributed by atoms with E-state index in [1.165, 1.54) is 13.8 Å². The third kappa shape index (κ3) is 8.23. The second-order valence-electron chi connectivity index (χ2n) is 3.25. The first-order valence-corrected chi connectivity index (χ1v) is 5.41. The van der Waals surface area contributed by atoms with Crippen molar-refractivity contribution in [2.45, 2.75) is 13.8 Å². The first-order valence-electron chi connectivity index (χ1n) is 4.26. The van der Waals surface area contributed by atoms with Gasteiger partial charge >= 0.3 is 0 Å². The normalized spacial score (nSPS) is 11.9. The van der Waals surface area contributed by atoms with Crippen LogP contribution in [0.25, 0.3) is 0 Å². The average molecular weight is 222 g/mol. The van der Waals surface area contributed by atoms with Gasteiger partial charge in [-0.2, -0.15) is 0 Å². The standard InChI is InChI=1S/C8H16FN2O2P/c1-7(12)4-10(3)6-14-11(9)5-8(2)13/h14H,4-6H2,1-3H3. The van der Waals surface area contributed by atoms with Gasteiger partial charge < -0.3 is 0 Å². The number of carbonyl (C=O) groups is 2. The molecule has 14 heavy (non-hydrogen) atoms. The fourth-order valence-electron chi connectivity index (χ4n) is 0.885. The van der Waals surface area contributed by atoms with Crippen LogP contribution >= 0.6 is 8.73 Å². The van der Waals surface area contributed by atoms with E-state index in [9.17, 15) is 14.1 Å². The Morgan fingerprint density at radius 3 is 2.14 bits per heavy atom. The fourth-order valence-corrected chi connectivity index (χ4v) is 1.73. The second-order valence-corrected chi connectivity index (χ2v) is 4.37. The lowest BCUT2D eigenvalue weighted by molar-refractivity contribution is -0.119. The zero-order chi connectivity index (χ0) is 11.1. The maximum atomic E-state index is 12.9. The summed E-state index contributed by atoms with van der Waals surface area (Å²) >= 11 is 0. The topological polar surface area (TPSA) is 40.6 Å². The Labute approximate surface area is 85.2 Å². The second kappa shape index (κ2) is 6.98. The number of hydrogen-bond donors (Lipinski definition) is 0. The van der Waals surface area contributed by atoms with Crippen LogP contribution in [0, 0.1) is 0 Å². The largest absolute Gasteiger partial charge is 0.299 e. The summed E-state index contributed by atoms with van der Waals surface area (Å²) in [5, 5.41) is 0. The molecule has 0 aliphatic heterocycles. The Morgan fingerprint density at radius 2 is 1.71 bits per heavy atom. The van der Waals surface area contributed by atoms with Gasteiger partial charge in [0.1, 0.15) is 11.6 Å². The van der Waals surface area contributed by atoms with Crippen LogP contribution in [-0.2, 0) is 9.59 Å². The Kier molecular flexibility index (Phi) is 6.79. The molecular weight excluding hydrogens is 206 g/mol. The highest BCUT2D eigenvalue weighted by Gasteiger charge is 2.08. The number of ketones is 2. The summed E-state index contributed by atoms with van der Waals surface area (Å²) in [6.45, 7) is 2.98. The van der Waals surface area contributed by atoms with Crippen molar-refractivity contribution >= 4 is 20.3 Å². The van der Waals surface area contributed by atoms with E-state index < -0.39 is 0 Å². The van der Waals surface area contributed by atoms with Gasteiger partial charge in [0, 0.05) is 6.29 Å². The highest BCUT2D eigenvalue weighted by atomic mass is 31.1. The first-order chi connectivity index (χ1) is 6.41. The van der Waals surface area contributed by atoms with Crippen LogP contribution in [0.1, 0.15) is 13.8 Å². The molecule has 0 aromatic heterocycles. The number of likely N-dealkylation sites (N-methyl/N-ethyl adjacent to an activating group) is 1. The van der Waals surface area contributed by atoms with E-state index in [1.54, 1.807) is 11.9 Å². The summed E-state index contributed by atoms with van der Waals surface area (Å²) in [6, 6.07) is 0. The van der Waals surface area contributed by atoms with E-state index in [-0.39, 0.29) is 26.8 Å². The van der Waals surface area contributed by atoms with Crippen molar-refractivity contribution in [3.05, 3.63) is 0 Å². The predicted molar refractivity (Wildman–Crippen MR) is 55.0 cm³/mol. The van der Waals surface area contributed by atoms with Gasteiger partial charge in [-0.3, -0.25) is 14.5 Å². The minimum Gasteiger partial charge on any atom is -0.299 e. The Hall–Kier alpha value is -0.380. The monoisotopic (exact) mass is 222 g/mol. The van der Waals surface area contributed by atoms with Gasteiger partial charge in [-0.15, -0.1) is 9.37 Å². The third-order valence-corrected chi connectivity index (χ3v) is 2.55. The van der Waals surface area contributed by atoms with Crippen LogP contribution in [0.5, 0.6) is 0 Å². The molecule has 0 rings (SSSR count). The van der Waals surface area contributed by atoms with Crippen LogP contribution in [0.15, 0.2) is 0 Å². The van der Waals surface area contributed by atoms with Crippen LogP contribution < -0.4 is 0 Å². The average Bonchev–Trinajstić information content (AvgIpc) is 1.98. The minimum absolute atomic E-state index is 0.0503. The lowest BCUT2D eigenvalue weighted by Gasteiger charge is -2.16. The lowest BCUT2D eigenvalue weighted by Crippen LogP contribution is -2.25. The molecule has 0 aromatic carbocycles. The zero-order valence-corrected chi connectivity index (χ0v) is 9.71. The Balaban J connectivity index is 3.60. The number of halogens is 1. The zero-order valence-electron chi connectivity index (χ0n) is 8.71. The van der Waals surface area contributed by atoms with E-state index >= 15 is 0 Å².